The number of likely N-dealkylation sites (tertiary alicyclic amines) is 1. The van der Waals surface area contributed by atoms with Crippen molar-refractivity contribution in [3.63, 3.8) is 0 Å². The van der Waals surface area contributed by atoms with Gasteiger partial charge < -0.3 is 10.6 Å². The Morgan fingerprint density at radius 2 is 2.04 bits per heavy atom. The number of rotatable bonds is 2. The van der Waals surface area contributed by atoms with E-state index in [2.05, 4.69) is 4.98 Å². The molecular formula is C17H23Cl2N3O. The highest BCUT2D eigenvalue weighted by Gasteiger charge is 2.27. The average Bonchev–Trinajstić information content (AvgIpc) is 2.53. The number of aromatic nitrogens is 1. The number of carbonyl (C=O) groups excluding carboxylic acids is 1. The number of piperidine rings is 1. The van der Waals surface area contributed by atoms with Crippen LogP contribution in [0.15, 0.2) is 36.5 Å². The predicted molar refractivity (Wildman–Crippen MR) is 98.5 cm³/mol. The molecule has 2 N–H and O–H groups in total. The smallest absolute Gasteiger partial charge is 0.273 e. The first-order valence-corrected chi connectivity index (χ1v) is 7.55. The van der Waals surface area contributed by atoms with Gasteiger partial charge in [-0.2, -0.15) is 0 Å². The first-order chi connectivity index (χ1) is 10.2. The molecule has 0 bridgehead atoms. The highest BCUT2D eigenvalue weighted by atomic mass is 35.5. The van der Waals surface area contributed by atoms with Crippen LogP contribution in [0.1, 0.15) is 30.3 Å². The lowest BCUT2D eigenvalue weighted by Gasteiger charge is -2.34. The van der Waals surface area contributed by atoms with Gasteiger partial charge in [-0.25, -0.2) is 0 Å². The molecule has 1 aromatic carbocycles. The van der Waals surface area contributed by atoms with Gasteiger partial charge in [0.1, 0.15) is 5.69 Å². The van der Waals surface area contributed by atoms with Crippen LogP contribution in [0.25, 0.3) is 10.8 Å². The standard InChI is InChI=1S/C17H21N3O.2ClH/c1-12(18)14-6-4-10-20(11-14)17(21)16-15-7-3-2-5-13(15)8-9-19-16;;/h2-3,5,7-9,12,14H,4,6,10-11,18H2,1H3;2*1H. The fraction of sp³-hybridized carbons (Fsp3) is 0.412. The first-order valence-electron chi connectivity index (χ1n) is 7.55. The van der Waals surface area contributed by atoms with Gasteiger partial charge in [0.05, 0.1) is 0 Å². The van der Waals surface area contributed by atoms with Crippen molar-refractivity contribution in [1.29, 1.82) is 0 Å². The number of hydrogen-bond donors (Lipinski definition) is 1. The molecule has 4 nitrogen and oxygen atoms in total. The van der Waals surface area contributed by atoms with Crippen LogP contribution in [0.5, 0.6) is 0 Å². The zero-order valence-electron chi connectivity index (χ0n) is 13.1. The molecule has 1 aliphatic heterocycles. The summed E-state index contributed by atoms with van der Waals surface area (Å²) >= 11 is 0. The summed E-state index contributed by atoms with van der Waals surface area (Å²) in [6.07, 6.45) is 3.83. The van der Waals surface area contributed by atoms with E-state index in [1.807, 2.05) is 42.2 Å². The highest BCUT2D eigenvalue weighted by Crippen LogP contribution is 2.23. The number of carbonyl (C=O) groups is 1. The summed E-state index contributed by atoms with van der Waals surface area (Å²) in [5.74, 6) is 0.412. The highest BCUT2D eigenvalue weighted by molar-refractivity contribution is 6.05. The number of pyridine rings is 1. The molecule has 1 aliphatic rings. The van der Waals surface area contributed by atoms with Crippen molar-refractivity contribution in [2.75, 3.05) is 13.1 Å². The van der Waals surface area contributed by atoms with Crippen LogP contribution >= 0.6 is 24.8 Å². The summed E-state index contributed by atoms with van der Waals surface area (Å²) in [6.45, 7) is 3.56. The molecule has 1 fully saturated rings. The lowest BCUT2D eigenvalue weighted by molar-refractivity contribution is 0.0657. The monoisotopic (exact) mass is 355 g/mol. The number of hydrogen-bond acceptors (Lipinski definition) is 3. The van der Waals surface area contributed by atoms with E-state index in [-0.39, 0.29) is 36.8 Å². The van der Waals surface area contributed by atoms with E-state index in [0.717, 1.165) is 36.7 Å². The lowest BCUT2D eigenvalue weighted by atomic mass is 9.92. The molecule has 2 heterocycles. The molecule has 1 aromatic heterocycles. The molecule has 6 heteroatoms. The Morgan fingerprint density at radius 1 is 1.30 bits per heavy atom. The number of nitrogens with zero attached hydrogens (tertiary/aromatic N) is 2. The van der Waals surface area contributed by atoms with Crippen LogP contribution in [-0.2, 0) is 0 Å². The third-order valence-corrected chi connectivity index (χ3v) is 4.36. The quantitative estimate of drug-likeness (QED) is 0.898. The zero-order chi connectivity index (χ0) is 14.8. The Morgan fingerprint density at radius 3 is 2.78 bits per heavy atom. The molecule has 0 radical (unpaired) electrons. The van der Waals surface area contributed by atoms with Gasteiger partial charge in [-0.05, 0) is 37.1 Å². The summed E-state index contributed by atoms with van der Waals surface area (Å²) in [6, 6.07) is 9.96. The van der Waals surface area contributed by atoms with Gasteiger partial charge in [0.25, 0.3) is 5.91 Å². The van der Waals surface area contributed by atoms with E-state index in [0.29, 0.717) is 11.6 Å². The van der Waals surface area contributed by atoms with Gasteiger partial charge in [-0.1, -0.05) is 24.3 Å². The van der Waals surface area contributed by atoms with Gasteiger partial charge in [-0.15, -0.1) is 24.8 Å². The van der Waals surface area contributed by atoms with Gasteiger partial charge >= 0.3 is 0 Å². The molecule has 3 rings (SSSR count). The summed E-state index contributed by atoms with van der Waals surface area (Å²) in [5.41, 5.74) is 6.56. The van der Waals surface area contributed by atoms with Crippen LogP contribution in [0.3, 0.4) is 0 Å². The summed E-state index contributed by atoms with van der Waals surface area (Å²) < 4.78 is 0. The number of amides is 1. The summed E-state index contributed by atoms with van der Waals surface area (Å²) in [5, 5.41) is 1.98. The number of fused-ring (bicyclic) bond motifs is 1. The second kappa shape index (κ2) is 8.48. The lowest BCUT2D eigenvalue weighted by Crippen LogP contribution is -2.45. The molecule has 126 valence electrons. The molecular weight excluding hydrogens is 333 g/mol. The van der Waals surface area contributed by atoms with Crippen molar-refractivity contribution in [2.45, 2.75) is 25.8 Å². The predicted octanol–water partition coefficient (Wildman–Crippen LogP) is 3.28. The van der Waals surface area contributed by atoms with Crippen LogP contribution in [0, 0.1) is 5.92 Å². The van der Waals surface area contributed by atoms with Crippen molar-refractivity contribution in [3.8, 4) is 0 Å². The van der Waals surface area contributed by atoms with E-state index >= 15 is 0 Å². The Hall–Kier alpha value is -1.36. The Labute approximate surface area is 149 Å². The van der Waals surface area contributed by atoms with Gasteiger partial charge in [0.2, 0.25) is 0 Å². The normalized spacial score (nSPS) is 18.7. The minimum Gasteiger partial charge on any atom is -0.337 e. The SMILES string of the molecule is CC(N)C1CCCN(C(=O)c2nccc3ccccc23)C1.Cl.Cl. The van der Waals surface area contributed by atoms with E-state index in [1.165, 1.54) is 0 Å². The van der Waals surface area contributed by atoms with Crippen LogP contribution in [0.4, 0.5) is 0 Å². The maximum Gasteiger partial charge on any atom is 0.273 e. The number of nitrogens with two attached hydrogens (primary N) is 1. The molecule has 2 aromatic rings. The molecule has 0 spiro atoms. The van der Waals surface area contributed by atoms with E-state index in [4.69, 9.17) is 5.73 Å². The Balaban J connectivity index is 0.00000132. The summed E-state index contributed by atoms with van der Waals surface area (Å²) in [7, 11) is 0. The second-order valence-corrected chi connectivity index (χ2v) is 5.89. The topological polar surface area (TPSA) is 59.2 Å². The fourth-order valence-corrected chi connectivity index (χ4v) is 3.06. The molecule has 23 heavy (non-hydrogen) atoms. The van der Waals surface area contributed by atoms with Crippen LogP contribution in [-0.4, -0.2) is 34.9 Å². The number of benzene rings is 1. The van der Waals surface area contributed by atoms with Crippen molar-refractivity contribution >= 4 is 41.5 Å². The molecule has 0 aliphatic carbocycles. The van der Waals surface area contributed by atoms with Crippen molar-refractivity contribution in [2.24, 2.45) is 11.7 Å². The van der Waals surface area contributed by atoms with Gasteiger partial charge in [0, 0.05) is 30.7 Å². The van der Waals surface area contributed by atoms with E-state index < -0.39 is 0 Å². The van der Waals surface area contributed by atoms with Gasteiger partial charge in [-0.3, -0.25) is 9.78 Å². The second-order valence-electron chi connectivity index (χ2n) is 5.89. The van der Waals surface area contributed by atoms with E-state index in [9.17, 15) is 4.79 Å². The largest absolute Gasteiger partial charge is 0.337 e. The minimum absolute atomic E-state index is 0. The molecule has 1 amide bonds. The molecule has 2 unspecified atom stereocenters. The van der Waals surface area contributed by atoms with Crippen LogP contribution in [0.2, 0.25) is 0 Å². The van der Waals surface area contributed by atoms with Crippen molar-refractivity contribution in [1.82, 2.24) is 9.88 Å². The Kier molecular flexibility index (Phi) is 7.26. The fourth-order valence-electron chi connectivity index (χ4n) is 3.06. The zero-order valence-corrected chi connectivity index (χ0v) is 14.8. The minimum atomic E-state index is 0. The van der Waals surface area contributed by atoms with Crippen molar-refractivity contribution in [3.05, 3.63) is 42.2 Å². The summed E-state index contributed by atoms with van der Waals surface area (Å²) in [4.78, 5) is 19.0. The molecule has 1 saturated heterocycles. The Bertz CT molecular complexity index is 658. The van der Waals surface area contributed by atoms with Crippen LogP contribution < -0.4 is 5.73 Å². The van der Waals surface area contributed by atoms with Gasteiger partial charge in [0.15, 0.2) is 0 Å². The third kappa shape index (κ3) is 4.14. The molecule has 2 atom stereocenters. The maximum absolute atomic E-state index is 12.8. The molecule has 0 saturated carbocycles. The van der Waals surface area contributed by atoms with Crippen molar-refractivity contribution < 1.29 is 4.79 Å². The average molecular weight is 356 g/mol. The third-order valence-electron chi connectivity index (χ3n) is 4.36. The number of halogens is 2. The first kappa shape index (κ1) is 19.7. The maximum atomic E-state index is 12.8. The van der Waals surface area contributed by atoms with E-state index in [1.54, 1.807) is 6.20 Å².